The van der Waals surface area contributed by atoms with E-state index in [1.807, 2.05) is 24.3 Å². The molecule has 0 saturated heterocycles. The van der Waals surface area contributed by atoms with E-state index in [4.69, 9.17) is 9.47 Å². The van der Waals surface area contributed by atoms with E-state index in [9.17, 15) is 9.59 Å². The number of ether oxygens (including phenoxy) is 2. The second kappa shape index (κ2) is 7.55. The smallest absolute Gasteiger partial charge is 0.272 e. The SMILES string of the molecule is COc1cc(/C=c2\[nH]c(=O)/c(=C/c3c[nH]c4ccccc34)[nH]c2=O)cc(OC)c1. The minimum atomic E-state index is -0.405. The summed E-state index contributed by atoms with van der Waals surface area (Å²) in [7, 11) is 3.09. The number of fused-ring (bicyclic) bond motifs is 1. The van der Waals surface area contributed by atoms with Gasteiger partial charge in [0.15, 0.2) is 0 Å². The van der Waals surface area contributed by atoms with Gasteiger partial charge in [-0.05, 0) is 35.9 Å². The summed E-state index contributed by atoms with van der Waals surface area (Å²) < 4.78 is 10.5. The third-order valence-corrected chi connectivity index (χ3v) is 4.59. The zero-order valence-corrected chi connectivity index (χ0v) is 15.9. The quantitative estimate of drug-likeness (QED) is 0.489. The van der Waals surface area contributed by atoms with E-state index < -0.39 is 11.1 Å². The van der Waals surface area contributed by atoms with E-state index in [0.717, 1.165) is 16.5 Å². The van der Waals surface area contributed by atoms with Crippen LogP contribution in [0, 0.1) is 0 Å². The predicted octanol–water partition coefficient (Wildman–Crippen LogP) is 1.22. The molecular weight excluding hydrogens is 370 g/mol. The summed E-state index contributed by atoms with van der Waals surface area (Å²) in [5.74, 6) is 1.16. The molecule has 0 unspecified atom stereocenters. The van der Waals surface area contributed by atoms with Gasteiger partial charge in [-0.25, -0.2) is 0 Å². The topological polar surface area (TPSA) is 100.0 Å². The van der Waals surface area contributed by atoms with E-state index in [2.05, 4.69) is 15.0 Å². The van der Waals surface area contributed by atoms with Gasteiger partial charge in [0.2, 0.25) is 0 Å². The van der Waals surface area contributed by atoms with Crippen molar-refractivity contribution in [3.05, 3.63) is 91.2 Å². The number of para-hydroxylation sites is 1. The summed E-state index contributed by atoms with van der Waals surface area (Å²) in [6, 6.07) is 12.9. The number of H-pyrrole nitrogens is 3. The number of aromatic amines is 3. The fourth-order valence-electron chi connectivity index (χ4n) is 3.14. The Morgan fingerprint density at radius 2 is 1.45 bits per heavy atom. The lowest BCUT2D eigenvalue weighted by Gasteiger charge is -2.05. The van der Waals surface area contributed by atoms with Crippen molar-refractivity contribution in [2.45, 2.75) is 0 Å². The van der Waals surface area contributed by atoms with Crippen LogP contribution in [-0.2, 0) is 0 Å². The summed E-state index contributed by atoms with van der Waals surface area (Å²) in [6.45, 7) is 0. The fraction of sp³-hybridized carbons (Fsp3) is 0.0909. The lowest BCUT2D eigenvalue weighted by Crippen LogP contribution is -2.46. The van der Waals surface area contributed by atoms with Crippen molar-refractivity contribution in [3.63, 3.8) is 0 Å². The summed E-state index contributed by atoms with van der Waals surface area (Å²) in [5, 5.41) is 1.29. The summed E-state index contributed by atoms with van der Waals surface area (Å²) in [5.41, 5.74) is 1.63. The molecule has 2 aromatic heterocycles. The lowest BCUT2D eigenvalue weighted by atomic mass is 10.1. The number of aromatic nitrogens is 3. The molecule has 0 amide bonds. The first kappa shape index (κ1) is 18.4. The highest BCUT2D eigenvalue weighted by atomic mass is 16.5. The van der Waals surface area contributed by atoms with Crippen LogP contribution in [0.25, 0.3) is 23.1 Å². The monoisotopic (exact) mass is 389 g/mol. The molecular formula is C22H19N3O4. The van der Waals surface area contributed by atoms with Crippen LogP contribution >= 0.6 is 0 Å². The minimum absolute atomic E-state index is 0.140. The van der Waals surface area contributed by atoms with Crippen LogP contribution in [0.1, 0.15) is 11.1 Å². The Hall–Kier alpha value is -4.00. The second-order valence-electron chi connectivity index (χ2n) is 6.46. The molecule has 7 nitrogen and oxygen atoms in total. The first-order valence-electron chi connectivity index (χ1n) is 8.92. The van der Waals surface area contributed by atoms with Crippen molar-refractivity contribution in [2.24, 2.45) is 0 Å². The number of methoxy groups -OCH3 is 2. The van der Waals surface area contributed by atoms with Gasteiger partial charge in [0, 0.05) is 28.7 Å². The van der Waals surface area contributed by atoms with Crippen LogP contribution in [0.4, 0.5) is 0 Å². The van der Waals surface area contributed by atoms with Gasteiger partial charge in [0.25, 0.3) is 11.1 Å². The van der Waals surface area contributed by atoms with Crippen LogP contribution in [0.3, 0.4) is 0 Å². The Balaban J connectivity index is 1.84. The van der Waals surface area contributed by atoms with Crippen molar-refractivity contribution < 1.29 is 9.47 Å². The zero-order chi connectivity index (χ0) is 20.4. The third kappa shape index (κ3) is 3.70. The van der Waals surface area contributed by atoms with Gasteiger partial charge in [-0.3, -0.25) is 9.59 Å². The maximum atomic E-state index is 12.6. The lowest BCUT2D eigenvalue weighted by molar-refractivity contribution is 0.394. The summed E-state index contributed by atoms with van der Waals surface area (Å²) >= 11 is 0. The normalized spacial score (nSPS) is 12.5. The maximum Gasteiger partial charge on any atom is 0.272 e. The van der Waals surface area contributed by atoms with E-state index in [-0.39, 0.29) is 10.7 Å². The van der Waals surface area contributed by atoms with Crippen LogP contribution in [-0.4, -0.2) is 29.2 Å². The molecule has 0 bridgehead atoms. The van der Waals surface area contributed by atoms with Crippen LogP contribution < -0.4 is 31.3 Å². The largest absolute Gasteiger partial charge is 0.497 e. The summed E-state index contributed by atoms with van der Waals surface area (Å²) in [6.07, 6.45) is 5.02. The van der Waals surface area contributed by atoms with Crippen LogP contribution in [0.15, 0.2) is 58.3 Å². The number of nitrogens with one attached hydrogen (secondary N) is 3. The van der Waals surface area contributed by atoms with Gasteiger partial charge in [-0.2, -0.15) is 0 Å². The number of hydrogen-bond acceptors (Lipinski definition) is 4. The molecule has 3 N–H and O–H groups in total. The predicted molar refractivity (Wildman–Crippen MR) is 112 cm³/mol. The Bertz CT molecular complexity index is 1400. The highest BCUT2D eigenvalue weighted by molar-refractivity contribution is 5.88. The Labute approximate surface area is 165 Å². The van der Waals surface area contributed by atoms with E-state index in [1.165, 1.54) is 0 Å². The van der Waals surface area contributed by atoms with Gasteiger partial charge < -0.3 is 24.4 Å². The van der Waals surface area contributed by atoms with Crippen molar-refractivity contribution in [1.29, 1.82) is 0 Å². The highest BCUT2D eigenvalue weighted by Gasteiger charge is 2.03. The zero-order valence-electron chi connectivity index (χ0n) is 15.9. The molecule has 0 saturated carbocycles. The molecule has 4 rings (SSSR count). The second-order valence-corrected chi connectivity index (χ2v) is 6.46. The number of benzene rings is 2. The van der Waals surface area contributed by atoms with E-state index >= 15 is 0 Å². The van der Waals surface area contributed by atoms with Crippen molar-refractivity contribution in [2.75, 3.05) is 14.2 Å². The molecule has 0 aliphatic heterocycles. The van der Waals surface area contributed by atoms with E-state index in [0.29, 0.717) is 17.1 Å². The van der Waals surface area contributed by atoms with Crippen molar-refractivity contribution >= 4 is 23.1 Å². The molecule has 29 heavy (non-hydrogen) atoms. The van der Waals surface area contributed by atoms with Crippen LogP contribution in [0.5, 0.6) is 11.5 Å². The van der Waals surface area contributed by atoms with Gasteiger partial charge in [-0.1, -0.05) is 18.2 Å². The molecule has 146 valence electrons. The van der Waals surface area contributed by atoms with Crippen LogP contribution in [0.2, 0.25) is 0 Å². The average molecular weight is 389 g/mol. The van der Waals surface area contributed by atoms with Crippen molar-refractivity contribution in [3.8, 4) is 11.5 Å². The van der Waals surface area contributed by atoms with E-state index in [1.54, 1.807) is 50.8 Å². The van der Waals surface area contributed by atoms with Gasteiger partial charge in [0.05, 0.1) is 14.2 Å². The Morgan fingerprint density at radius 3 is 2.10 bits per heavy atom. The molecule has 0 radical (unpaired) electrons. The minimum Gasteiger partial charge on any atom is -0.497 e. The molecule has 7 heteroatoms. The first-order valence-corrected chi connectivity index (χ1v) is 8.92. The third-order valence-electron chi connectivity index (χ3n) is 4.59. The Kier molecular flexibility index (Phi) is 4.78. The summed E-state index contributed by atoms with van der Waals surface area (Å²) in [4.78, 5) is 33.6. The molecule has 2 aromatic carbocycles. The Morgan fingerprint density at radius 1 is 0.828 bits per heavy atom. The molecule has 2 heterocycles. The molecule has 0 aliphatic rings. The number of rotatable bonds is 4. The average Bonchev–Trinajstić information content (AvgIpc) is 3.14. The molecule has 0 aliphatic carbocycles. The highest BCUT2D eigenvalue weighted by Crippen LogP contribution is 2.22. The fourth-order valence-corrected chi connectivity index (χ4v) is 3.14. The maximum absolute atomic E-state index is 12.6. The first-order chi connectivity index (χ1) is 14.1. The molecule has 0 spiro atoms. The van der Waals surface area contributed by atoms with Gasteiger partial charge in [0.1, 0.15) is 22.2 Å². The molecule has 4 aromatic rings. The van der Waals surface area contributed by atoms with Crippen molar-refractivity contribution in [1.82, 2.24) is 15.0 Å². The number of hydrogen-bond donors (Lipinski definition) is 3. The molecule has 0 fully saturated rings. The van der Waals surface area contributed by atoms with Gasteiger partial charge in [-0.15, -0.1) is 0 Å². The van der Waals surface area contributed by atoms with Gasteiger partial charge >= 0.3 is 0 Å². The molecule has 0 atom stereocenters. The standard InChI is InChI=1S/C22H19N3O4/c1-28-15-7-13(8-16(11-15)29-2)9-19-21(26)25-20(22(27)24-19)10-14-12-23-18-6-4-3-5-17(14)18/h3-12,23H,1-2H3,(H,24,27)(H,25,26)/b19-9-,20-10-.